The third-order valence-electron chi connectivity index (χ3n) is 6.30. The lowest BCUT2D eigenvalue weighted by atomic mass is 9.68. The van der Waals surface area contributed by atoms with Crippen LogP contribution >= 0.6 is 0 Å². The van der Waals surface area contributed by atoms with Crippen molar-refractivity contribution in [3.8, 4) is 0 Å². The largest absolute Gasteiger partial charge is 0.216 e. The van der Waals surface area contributed by atoms with E-state index in [1.165, 1.54) is 50.7 Å². The molecule has 1 aromatic rings. The van der Waals surface area contributed by atoms with Gasteiger partial charge in [-0.15, -0.1) is 0 Å². The summed E-state index contributed by atoms with van der Waals surface area (Å²) in [6.07, 6.45) is 12.7. The van der Waals surface area contributed by atoms with Gasteiger partial charge in [0.05, 0.1) is 6.33 Å². The average Bonchev–Trinajstić information content (AvgIpc) is 2.63. The molecule has 24 heavy (non-hydrogen) atoms. The summed E-state index contributed by atoms with van der Waals surface area (Å²) in [6.45, 7) is 0. The van der Waals surface area contributed by atoms with Gasteiger partial charge in [0.15, 0.2) is 11.6 Å². The van der Waals surface area contributed by atoms with E-state index in [-0.39, 0.29) is 0 Å². The Morgan fingerprint density at radius 3 is 2.04 bits per heavy atom. The van der Waals surface area contributed by atoms with Gasteiger partial charge in [0.1, 0.15) is 0 Å². The summed E-state index contributed by atoms with van der Waals surface area (Å²) >= 11 is 0. The molecule has 0 saturated heterocycles. The fourth-order valence-corrected chi connectivity index (χ4v) is 4.83. The smallest absolute Gasteiger partial charge is 0.159 e. The quantitative estimate of drug-likeness (QED) is 0.560. The van der Waals surface area contributed by atoms with Crippen LogP contribution in [0.1, 0.15) is 69.3 Å². The SMILES string of the molecule is F/C=C/C[C@H]1CC[C@H](C2CCC(c3ccc(F)c(F)c3)CC2)CC1. The molecule has 2 aliphatic carbocycles. The van der Waals surface area contributed by atoms with Gasteiger partial charge in [0, 0.05) is 0 Å². The lowest BCUT2D eigenvalue weighted by Crippen LogP contribution is -2.25. The van der Waals surface area contributed by atoms with Crippen molar-refractivity contribution in [3.63, 3.8) is 0 Å². The minimum Gasteiger partial charge on any atom is -0.216 e. The van der Waals surface area contributed by atoms with Crippen molar-refractivity contribution in [2.45, 2.75) is 63.7 Å². The van der Waals surface area contributed by atoms with E-state index >= 15 is 0 Å². The van der Waals surface area contributed by atoms with Crippen LogP contribution in [-0.2, 0) is 0 Å². The summed E-state index contributed by atoms with van der Waals surface area (Å²) in [4.78, 5) is 0. The highest BCUT2D eigenvalue weighted by atomic mass is 19.2. The molecule has 3 heteroatoms. The van der Waals surface area contributed by atoms with E-state index in [9.17, 15) is 13.2 Å². The van der Waals surface area contributed by atoms with E-state index in [0.29, 0.717) is 18.2 Å². The van der Waals surface area contributed by atoms with Gasteiger partial charge >= 0.3 is 0 Å². The first-order valence-corrected chi connectivity index (χ1v) is 9.37. The second-order valence-corrected chi connectivity index (χ2v) is 7.66. The highest BCUT2D eigenvalue weighted by Crippen LogP contribution is 2.44. The first kappa shape index (κ1) is 17.6. The molecule has 2 saturated carbocycles. The molecule has 0 spiro atoms. The monoisotopic (exact) mass is 336 g/mol. The molecule has 0 nitrogen and oxygen atoms in total. The second kappa shape index (κ2) is 8.22. The normalized spacial score (nSPS) is 31.5. The molecule has 0 heterocycles. The fourth-order valence-electron chi connectivity index (χ4n) is 4.83. The van der Waals surface area contributed by atoms with Crippen LogP contribution in [0.2, 0.25) is 0 Å². The number of hydrogen-bond acceptors (Lipinski definition) is 0. The summed E-state index contributed by atoms with van der Waals surface area (Å²) in [7, 11) is 0. The minimum absolute atomic E-state index is 0.377. The Kier molecular flexibility index (Phi) is 6.02. The molecule has 0 N–H and O–H groups in total. The van der Waals surface area contributed by atoms with Gasteiger partial charge in [-0.25, -0.2) is 13.2 Å². The van der Waals surface area contributed by atoms with Crippen molar-refractivity contribution in [1.29, 1.82) is 0 Å². The molecule has 0 radical (unpaired) electrons. The van der Waals surface area contributed by atoms with Crippen molar-refractivity contribution >= 4 is 0 Å². The predicted molar refractivity (Wildman–Crippen MR) is 91.4 cm³/mol. The maximum Gasteiger partial charge on any atom is 0.159 e. The average molecular weight is 336 g/mol. The maximum atomic E-state index is 13.4. The zero-order chi connectivity index (χ0) is 16.9. The Morgan fingerprint density at radius 1 is 0.833 bits per heavy atom. The van der Waals surface area contributed by atoms with Crippen LogP contribution in [0.5, 0.6) is 0 Å². The molecular formula is C21H27F3. The molecule has 2 aliphatic rings. The molecule has 1 aromatic carbocycles. The van der Waals surface area contributed by atoms with Crippen LogP contribution in [-0.4, -0.2) is 0 Å². The molecule has 0 amide bonds. The van der Waals surface area contributed by atoms with Crippen molar-refractivity contribution in [1.82, 2.24) is 0 Å². The van der Waals surface area contributed by atoms with Gasteiger partial charge in [-0.1, -0.05) is 12.1 Å². The Bertz CT molecular complexity index is 550. The molecule has 2 fully saturated rings. The molecule has 132 valence electrons. The number of hydrogen-bond donors (Lipinski definition) is 0. The Hall–Kier alpha value is -1.25. The van der Waals surface area contributed by atoms with Crippen LogP contribution in [0.25, 0.3) is 0 Å². The number of allylic oxidation sites excluding steroid dienone is 1. The lowest BCUT2D eigenvalue weighted by Gasteiger charge is -2.38. The standard InChI is InChI=1S/C21H27F3/c22-13-1-2-15-3-5-16(6-4-15)17-7-9-18(10-8-17)19-11-12-20(23)21(24)14-19/h1,11-18H,2-10H2/b13-1+/t15-,16-,17?,18?. The maximum absolute atomic E-state index is 13.4. The molecule has 0 unspecified atom stereocenters. The van der Waals surface area contributed by atoms with Crippen LogP contribution in [0, 0.1) is 29.4 Å². The number of benzene rings is 1. The summed E-state index contributed by atoms with van der Waals surface area (Å²) in [5.74, 6) is 1.14. The third-order valence-corrected chi connectivity index (χ3v) is 6.30. The van der Waals surface area contributed by atoms with Crippen LogP contribution in [0.4, 0.5) is 13.2 Å². The summed E-state index contributed by atoms with van der Waals surface area (Å²) < 4.78 is 38.6. The molecule has 0 aromatic heterocycles. The lowest BCUT2D eigenvalue weighted by molar-refractivity contribution is 0.160. The van der Waals surface area contributed by atoms with Gasteiger partial charge in [-0.3, -0.25) is 0 Å². The van der Waals surface area contributed by atoms with E-state index in [2.05, 4.69) is 0 Å². The summed E-state index contributed by atoms with van der Waals surface area (Å²) in [5.41, 5.74) is 0.953. The highest BCUT2D eigenvalue weighted by molar-refractivity contribution is 5.22. The van der Waals surface area contributed by atoms with Crippen molar-refractivity contribution in [3.05, 3.63) is 47.8 Å². The topological polar surface area (TPSA) is 0 Å². The van der Waals surface area contributed by atoms with Gasteiger partial charge in [0.25, 0.3) is 0 Å². The van der Waals surface area contributed by atoms with E-state index in [4.69, 9.17) is 0 Å². The van der Waals surface area contributed by atoms with Crippen LogP contribution in [0.15, 0.2) is 30.6 Å². The molecule has 0 aliphatic heterocycles. The minimum atomic E-state index is -0.758. The molecule has 3 rings (SSSR count). The van der Waals surface area contributed by atoms with Gasteiger partial charge in [-0.05, 0) is 99.2 Å². The molecule has 0 bridgehead atoms. The van der Waals surface area contributed by atoms with E-state index in [1.54, 1.807) is 12.1 Å². The van der Waals surface area contributed by atoms with Crippen molar-refractivity contribution < 1.29 is 13.2 Å². The van der Waals surface area contributed by atoms with Crippen molar-refractivity contribution in [2.24, 2.45) is 17.8 Å². The van der Waals surface area contributed by atoms with Gasteiger partial charge in [-0.2, -0.15) is 0 Å². The van der Waals surface area contributed by atoms with Gasteiger partial charge in [0.2, 0.25) is 0 Å². The Morgan fingerprint density at radius 2 is 1.46 bits per heavy atom. The summed E-state index contributed by atoms with van der Waals surface area (Å²) in [5, 5.41) is 0. The zero-order valence-electron chi connectivity index (χ0n) is 14.2. The van der Waals surface area contributed by atoms with E-state index in [1.807, 2.05) is 0 Å². The van der Waals surface area contributed by atoms with E-state index < -0.39 is 11.6 Å². The number of rotatable bonds is 4. The van der Waals surface area contributed by atoms with Crippen molar-refractivity contribution in [2.75, 3.05) is 0 Å². The number of halogens is 3. The molecule has 0 atom stereocenters. The van der Waals surface area contributed by atoms with Crippen LogP contribution in [0.3, 0.4) is 0 Å². The van der Waals surface area contributed by atoms with E-state index in [0.717, 1.165) is 36.7 Å². The molecular weight excluding hydrogens is 309 g/mol. The second-order valence-electron chi connectivity index (χ2n) is 7.66. The highest BCUT2D eigenvalue weighted by Gasteiger charge is 2.31. The summed E-state index contributed by atoms with van der Waals surface area (Å²) in [6, 6.07) is 4.38. The predicted octanol–water partition coefficient (Wildman–Crippen LogP) is 6.92. The third kappa shape index (κ3) is 4.23. The first-order chi connectivity index (χ1) is 11.7. The zero-order valence-corrected chi connectivity index (χ0v) is 14.2. The Labute approximate surface area is 143 Å². The Balaban J connectivity index is 1.48. The fraction of sp³-hybridized carbons (Fsp3) is 0.619. The van der Waals surface area contributed by atoms with Crippen LogP contribution < -0.4 is 0 Å². The van der Waals surface area contributed by atoms with Gasteiger partial charge < -0.3 is 0 Å². The first-order valence-electron chi connectivity index (χ1n) is 9.37.